The minimum atomic E-state index is -1.29. The number of aliphatic carboxylic acids is 1. The summed E-state index contributed by atoms with van der Waals surface area (Å²) < 4.78 is 0. The first-order chi connectivity index (χ1) is 4.06. The van der Waals surface area contributed by atoms with E-state index in [0.29, 0.717) is 0 Å². The quantitative estimate of drug-likeness (QED) is 0.451. The van der Waals surface area contributed by atoms with Crippen LogP contribution >= 0.6 is 23.2 Å². The molecule has 0 amide bonds. The average Bonchev–Trinajstić information content (AvgIpc) is 1.68. The summed E-state index contributed by atoms with van der Waals surface area (Å²) in [5, 5.41) is 14.6. The van der Waals surface area contributed by atoms with Crippen LogP contribution in [0.4, 0.5) is 0 Å². The molecule has 0 aromatic rings. The Bertz CT molecular complexity index is 91.8. The normalized spacial score (nSPS) is 7.44. The average molecular weight is 175 g/mol. The van der Waals surface area contributed by atoms with Gasteiger partial charge in [-0.15, -0.1) is 0 Å². The monoisotopic (exact) mass is 174 g/mol. The predicted molar refractivity (Wildman–Crippen MR) is 31.8 cm³/mol. The van der Waals surface area contributed by atoms with Crippen molar-refractivity contribution in [2.45, 2.75) is 4.84 Å². The van der Waals surface area contributed by atoms with Crippen LogP contribution in [0.5, 0.6) is 0 Å². The van der Waals surface area contributed by atoms with E-state index in [1.54, 1.807) is 0 Å². The summed E-state index contributed by atoms with van der Waals surface area (Å²) in [5.74, 6) is -1.21. The van der Waals surface area contributed by atoms with Crippen LogP contribution in [-0.4, -0.2) is 27.5 Å². The molecule has 0 heterocycles. The zero-order valence-electron chi connectivity index (χ0n) is 4.12. The highest BCUT2D eigenvalue weighted by Crippen LogP contribution is 1.98. The number of carboxylic acid groups (broad SMARTS) is 2. The molecular weight excluding hydrogens is 171 g/mol. The van der Waals surface area contributed by atoms with E-state index < -0.39 is 10.8 Å². The van der Waals surface area contributed by atoms with Crippen LogP contribution < -0.4 is 0 Å². The molecule has 0 aliphatic rings. The second-order valence-corrected chi connectivity index (χ2v) is 1.84. The van der Waals surface area contributed by atoms with Crippen molar-refractivity contribution in [1.29, 1.82) is 0 Å². The Labute approximate surface area is 61.0 Å². The van der Waals surface area contributed by atoms with E-state index >= 15 is 0 Å². The summed E-state index contributed by atoms with van der Waals surface area (Å²) in [4.78, 5) is 16.5. The lowest BCUT2D eigenvalue weighted by molar-refractivity contribution is -0.135. The summed E-state index contributed by atoms with van der Waals surface area (Å²) in [6, 6.07) is 0. The van der Waals surface area contributed by atoms with Crippen LogP contribution in [0.25, 0.3) is 0 Å². The first-order valence-electron chi connectivity index (χ1n) is 1.65. The molecule has 0 radical (unpaired) electrons. The summed E-state index contributed by atoms with van der Waals surface area (Å²) in [6.45, 7) is -0.250. The van der Waals surface area contributed by atoms with Crippen molar-refractivity contribution in [3.8, 4) is 0 Å². The Morgan fingerprint density at radius 3 is 1.67 bits per heavy atom. The third-order valence-electron chi connectivity index (χ3n) is 0.187. The van der Waals surface area contributed by atoms with Crippen LogP contribution in [0.1, 0.15) is 0 Å². The lowest BCUT2D eigenvalue weighted by Crippen LogP contribution is -2.03. The molecule has 2 N–H and O–H groups in total. The molecule has 6 heteroatoms. The minimum Gasteiger partial charge on any atom is -0.483 e. The number of carboxylic acids is 1. The fourth-order valence-corrected chi connectivity index (χ4v) is 0. The van der Waals surface area contributed by atoms with E-state index in [1.165, 1.54) is 0 Å². The zero-order valence-corrected chi connectivity index (χ0v) is 5.63. The summed E-state index contributed by atoms with van der Waals surface area (Å²) in [7, 11) is 0. The van der Waals surface area contributed by atoms with E-state index in [4.69, 9.17) is 38.2 Å². The molecule has 0 fully saturated rings. The highest BCUT2D eigenvalue weighted by atomic mass is 35.5. The minimum absolute atomic E-state index is 0.250. The van der Waals surface area contributed by atoms with E-state index in [0.717, 1.165) is 0 Å². The maximum absolute atomic E-state index is 9.44. The molecule has 0 aliphatic carbocycles. The molecule has 0 spiro atoms. The predicted octanol–water partition coefficient (Wildman–Crippen LogP) is 0.575. The van der Waals surface area contributed by atoms with Crippen molar-refractivity contribution in [1.82, 2.24) is 0 Å². The number of rotatable bonds is 1. The van der Waals surface area contributed by atoms with Gasteiger partial charge in [-0.2, -0.15) is 0 Å². The van der Waals surface area contributed by atoms with Crippen LogP contribution in [0, 0.1) is 0 Å². The molecule has 4 nitrogen and oxygen atoms in total. The molecule has 0 unspecified atom stereocenters. The van der Waals surface area contributed by atoms with E-state index in [2.05, 4.69) is 0 Å². The molecule has 0 aromatic heterocycles. The van der Waals surface area contributed by atoms with Crippen molar-refractivity contribution in [2.75, 3.05) is 0 Å². The highest BCUT2D eigenvalue weighted by Gasteiger charge is 2.05. The molecule has 0 atom stereocenters. The molecule has 0 saturated carbocycles. The van der Waals surface area contributed by atoms with Gasteiger partial charge in [-0.1, -0.05) is 23.2 Å². The van der Waals surface area contributed by atoms with Crippen LogP contribution in [0.2, 0.25) is 0 Å². The molecule has 0 bridgehead atoms. The Morgan fingerprint density at radius 1 is 1.56 bits per heavy atom. The second kappa shape index (κ2) is 7.52. The van der Waals surface area contributed by atoms with Crippen molar-refractivity contribution >= 4 is 35.6 Å². The van der Waals surface area contributed by atoms with Crippen molar-refractivity contribution in [3.05, 3.63) is 0 Å². The number of alkyl halides is 2. The summed E-state index contributed by atoms with van der Waals surface area (Å²) >= 11 is 9.56. The van der Waals surface area contributed by atoms with Gasteiger partial charge in [0.15, 0.2) is 0 Å². The first-order valence-corrected chi connectivity index (χ1v) is 2.52. The highest BCUT2D eigenvalue weighted by molar-refractivity contribution is 6.52. The number of halogens is 2. The van der Waals surface area contributed by atoms with Gasteiger partial charge in [0.05, 0.1) is 0 Å². The maximum Gasteiger partial charge on any atom is 0.337 e. The summed E-state index contributed by atoms with van der Waals surface area (Å²) in [6.07, 6.45) is 0. The lowest BCUT2D eigenvalue weighted by atomic mass is 10.8. The third kappa shape index (κ3) is 18.5. The molecular formula is C3H4Cl2O4. The smallest absolute Gasteiger partial charge is 0.337 e. The van der Waals surface area contributed by atoms with Crippen LogP contribution in [0.3, 0.4) is 0 Å². The Hall–Kier alpha value is -0.480. The lowest BCUT2D eigenvalue weighted by Gasteiger charge is -1.84. The third-order valence-corrected chi connectivity index (χ3v) is 0.560. The van der Waals surface area contributed by atoms with Gasteiger partial charge in [-0.05, 0) is 0 Å². The van der Waals surface area contributed by atoms with E-state index in [9.17, 15) is 4.79 Å². The fourth-order valence-electron chi connectivity index (χ4n) is 0. The SMILES string of the molecule is O=C(O)C(Cl)Cl.O=CO. The maximum atomic E-state index is 9.44. The van der Waals surface area contributed by atoms with Gasteiger partial charge in [0.2, 0.25) is 4.84 Å². The topological polar surface area (TPSA) is 74.6 Å². The summed E-state index contributed by atoms with van der Waals surface area (Å²) in [5.41, 5.74) is 0. The first kappa shape index (κ1) is 11.3. The molecule has 0 aliphatic heterocycles. The zero-order chi connectivity index (χ0) is 7.86. The molecule has 0 aromatic carbocycles. The second-order valence-electron chi connectivity index (χ2n) is 0.744. The van der Waals surface area contributed by atoms with Gasteiger partial charge in [-0.25, -0.2) is 4.79 Å². The van der Waals surface area contributed by atoms with Gasteiger partial charge in [0.25, 0.3) is 6.47 Å². The van der Waals surface area contributed by atoms with Gasteiger partial charge >= 0.3 is 5.97 Å². The van der Waals surface area contributed by atoms with Crippen LogP contribution in [-0.2, 0) is 9.59 Å². The Balaban J connectivity index is 0. The van der Waals surface area contributed by atoms with Gasteiger partial charge < -0.3 is 10.2 Å². The molecule has 54 valence electrons. The number of hydrogen-bond donors (Lipinski definition) is 2. The molecule has 0 rings (SSSR count). The van der Waals surface area contributed by atoms with E-state index in [-0.39, 0.29) is 6.47 Å². The van der Waals surface area contributed by atoms with Gasteiger partial charge in [0.1, 0.15) is 0 Å². The molecule has 0 saturated heterocycles. The van der Waals surface area contributed by atoms with Crippen LogP contribution in [0.15, 0.2) is 0 Å². The van der Waals surface area contributed by atoms with Gasteiger partial charge in [0, 0.05) is 0 Å². The fraction of sp³-hybridized carbons (Fsp3) is 0.333. The van der Waals surface area contributed by atoms with E-state index in [1.807, 2.05) is 0 Å². The number of hydrogen-bond acceptors (Lipinski definition) is 2. The van der Waals surface area contributed by atoms with Gasteiger partial charge in [-0.3, -0.25) is 4.79 Å². The Kier molecular flexibility index (Phi) is 9.47. The molecule has 9 heavy (non-hydrogen) atoms. The van der Waals surface area contributed by atoms with Crippen molar-refractivity contribution < 1.29 is 19.8 Å². The Morgan fingerprint density at radius 2 is 1.67 bits per heavy atom. The number of carbonyl (C=O) groups is 2. The largest absolute Gasteiger partial charge is 0.483 e. The van der Waals surface area contributed by atoms with Crippen molar-refractivity contribution in [2.24, 2.45) is 0 Å². The standard InChI is InChI=1S/C2H2Cl2O2.CH2O2/c3-1(4)2(5)6;2-1-3/h1H,(H,5,6);1H,(H,2,3). The van der Waals surface area contributed by atoms with Crippen molar-refractivity contribution in [3.63, 3.8) is 0 Å².